The number of hydrogen-bond acceptors (Lipinski definition) is 7. The number of rotatable bonds is 7. The number of hydrogen-bond donors (Lipinski definition) is 0. The van der Waals surface area contributed by atoms with Crippen LogP contribution in [0.3, 0.4) is 0 Å². The predicted octanol–water partition coefficient (Wildman–Crippen LogP) is 5.48. The zero-order valence-electron chi connectivity index (χ0n) is 24.1. The first-order chi connectivity index (χ1) is 19.3. The van der Waals surface area contributed by atoms with E-state index in [0.29, 0.717) is 37.6 Å². The molecule has 1 unspecified atom stereocenters. The number of pyridine rings is 1. The van der Waals surface area contributed by atoms with Crippen LogP contribution in [0.4, 0.5) is 5.82 Å². The van der Waals surface area contributed by atoms with Gasteiger partial charge in [-0.1, -0.05) is 49.7 Å². The van der Waals surface area contributed by atoms with E-state index >= 15 is 0 Å². The van der Waals surface area contributed by atoms with Crippen molar-refractivity contribution in [2.45, 2.75) is 33.4 Å². The van der Waals surface area contributed by atoms with E-state index in [9.17, 15) is 4.79 Å². The van der Waals surface area contributed by atoms with Crippen LogP contribution in [0, 0.1) is 12.3 Å². The summed E-state index contributed by atoms with van der Waals surface area (Å²) in [7, 11) is 3.32. The lowest BCUT2D eigenvalue weighted by Gasteiger charge is -2.44. The molecule has 0 amide bonds. The van der Waals surface area contributed by atoms with Crippen molar-refractivity contribution in [2.24, 2.45) is 5.41 Å². The molecule has 2 aromatic carbocycles. The molecular formula is C33H39N3O4. The Kier molecular flexibility index (Phi) is 8.24. The van der Waals surface area contributed by atoms with Crippen molar-refractivity contribution >= 4 is 17.7 Å². The third kappa shape index (κ3) is 5.91. The first kappa shape index (κ1) is 27.9. The Morgan fingerprint density at radius 2 is 1.77 bits per heavy atom. The molecule has 210 valence electrons. The number of methoxy groups -OCH3 is 2. The maximum absolute atomic E-state index is 14.2. The first-order valence-corrected chi connectivity index (χ1v) is 13.9. The Morgan fingerprint density at radius 1 is 1.02 bits per heavy atom. The highest BCUT2D eigenvalue weighted by Crippen LogP contribution is 2.45. The van der Waals surface area contributed by atoms with Gasteiger partial charge in [-0.3, -0.25) is 9.69 Å². The molecule has 1 atom stereocenters. The maximum atomic E-state index is 14.2. The number of morpholine rings is 1. The Bertz CT molecular complexity index is 1380. The number of Topliss-reactive ketones (excluding diaryl/α,β-unsaturated/α-hetero) is 1. The summed E-state index contributed by atoms with van der Waals surface area (Å²) in [4.78, 5) is 23.8. The van der Waals surface area contributed by atoms with Crippen molar-refractivity contribution in [3.63, 3.8) is 0 Å². The molecule has 40 heavy (non-hydrogen) atoms. The van der Waals surface area contributed by atoms with Crippen molar-refractivity contribution in [1.29, 1.82) is 0 Å². The van der Waals surface area contributed by atoms with Gasteiger partial charge in [-0.15, -0.1) is 0 Å². The van der Waals surface area contributed by atoms with E-state index in [0.717, 1.165) is 35.9 Å². The van der Waals surface area contributed by atoms with Crippen molar-refractivity contribution in [1.82, 2.24) is 9.88 Å². The predicted molar refractivity (Wildman–Crippen MR) is 158 cm³/mol. The van der Waals surface area contributed by atoms with Crippen LogP contribution in [-0.2, 0) is 16.1 Å². The van der Waals surface area contributed by atoms with Gasteiger partial charge in [-0.25, -0.2) is 4.98 Å². The van der Waals surface area contributed by atoms with Crippen molar-refractivity contribution in [3.05, 3.63) is 88.6 Å². The topological polar surface area (TPSA) is 64.1 Å². The van der Waals surface area contributed by atoms with Crippen LogP contribution in [0.1, 0.15) is 42.3 Å². The zero-order valence-corrected chi connectivity index (χ0v) is 24.1. The number of aromatic nitrogens is 1. The molecule has 5 rings (SSSR count). The van der Waals surface area contributed by atoms with E-state index in [4.69, 9.17) is 19.2 Å². The fourth-order valence-electron chi connectivity index (χ4n) is 5.67. The second kappa shape index (κ2) is 11.8. The van der Waals surface area contributed by atoms with Gasteiger partial charge in [0, 0.05) is 42.7 Å². The summed E-state index contributed by atoms with van der Waals surface area (Å²) < 4.78 is 17.0. The minimum atomic E-state index is -0.582. The number of ether oxygens (including phenoxy) is 3. The zero-order chi connectivity index (χ0) is 28.3. The summed E-state index contributed by atoms with van der Waals surface area (Å²) >= 11 is 0. The number of carbonyl (C=O) groups is 1. The van der Waals surface area contributed by atoms with Crippen molar-refractivity contribution < 1.29 is 19.0 Å². The van der Waals surface area contributed by atoms with Crippen LogP contribution in [0.5, 0.6) is 11.5 Å². The summed E-state index contributed by atoms with van der Waals surface area (Å²) in [6.45, 7) is 10.4. The van der Waals surface area contributed by atoms with Crippen LogP contribution in [0.15, 0.2) is 66.2 Å². The van der Waals surface area contributed by atoms with Crippen molar-refractivity contribution in [2.75, 3.05) is 52.0 Å². The molecule has 0 bridgehead atoms. The molecule has 0 N–H and O–H groups in total. The fourth-order valence-corrected chi connectivity index (χ4v) is 5.67. The summed E-state index contributed by atoms with van der Waals surface area (Å²) in [6, 6.07) is 20.0. The Labute approximate surface area is 237 Å². The smallest absolute Gasteiger partial charge is 0.167 e. The molecule has 0 aliphatic carbocycles. The van der Waals surface area contributed by atoms with Crippen LogP contribution >= 0.6 is 0 Å². The van der Waals surface area contributed by atoms with Crippen LogP contribution in [0.25, 0.3) is 6.08 Å². The number of ketones is 1. The van der Waals surface area contributed by atoms with Gasteiger partial charge in [0.15, 0.2) is 5.78 Å². The van der Waals surface area contributed by atoms with Gasteiger partial charge in [0.25, 0.3) is 0 Å². The molecule has 3 aromatic rings. The van der Waals surface area contributed by atoms with Gasteiger partial charge < -0.3 is 19.1 Å². The lowest BCUT2D eigenvalue weighted by molar-refractivity contribution is -0.128. The summed E-state index contributed by atoms with van der Waals surface area (Å²) in [5, 5.41) is 0. The number of carbonyl (C=O) groups excluding carboxylic acids is 1. The highest BCUT2D eigenvalue weighted by Gasteiger charge is 2.45. The van der Waals surface area contributed by atoms with Crippen LogP contribution in [0.2, 0.25) is 0 Å². The SMILES string of the molecule is COc1ccc(OC)c(C2/C(=C/c3cccc(N4CCOCC4)n3)C(=O)C(C)(C)CN2Cc2ccc(C)cc2)c1. The normalized spacial score (nSPS) is 20.5. The molecule has 0 radical (unpaired) electrons. The van der Waals surface area contributed by atoms with Gasteiger partial charge in [0.1, 0.15) is 17.3 Å². The highest BCUT2D eigenvalue weighted by molar-refractivity contribution is 6.05. The molecule has 7 heteroatoms. The molecule has 2 saturated heterocycles. The van der Waals surface area contributed by atoms with Gasteiger partial charge in [-0.2, -0.15) is 0 Å². The highest BCUT2D eigenvalue weighted by atomic mass is 16.5. The van der Waals surface area contributed by atoms with E-state index in [1.807, 2.05) is 56.3 Å². The first-order valence-electron chi connectivity index (χ1n) is 13.9. The summed E-state index contributed by atoms with van der Waals surface area (Å²) in [5.41, 5.74) is 4.17. The van der Waals surface area contributed by atoms with Crippen LogP contribution < -0.4 is 14.4 Å². The van der Waals surface area contributed by atoms with Gasteiger partial charge >= 0.3 is 0 Å². The molecule has 0 spiro atoms. The average Bonchev–Trinajstić information content (AvgIpc) is 2.97. The standard InChI is InChI=1S/C33H39N3O4/c1-23-9-11-24(12-10-23)21-36-22-33(2,3)32(37)28(31(36)27-20-26(38-4)13-14-29(27)39-5)19-25-7-6-8-30(34-25)35-15-17-40-18-16-35/h6-14,19-20,31H,15-18,21-22H2,1-5H3/b28-19-. The van der Waals surface area contributed by atoms with E-state index < -0.39 is 5.41 Å². The quantitative estimate of drug-likeness (QED) is 0.367. The fraction of sp³-hybridized carbons (Fsp3) is 0.394. The van der Waals surface area contributed by atoms with E-state index in [-0.39, 0.29) is 11.8 Å². The minimum absolute atomic E-state index is 0.112. The third-order valence-electron chi connectivity index (χ3n) is 7.77. The Balaban J connectivity index is 1.64. The largest absolute Gasteiger partial charge is 0.497 e. The van der Waals surface area contributed by atoms with Crippen molar-refractivity contribution in [3.8, 4) is 11.5 Å². The lowest BCUT2D eigenvalue weighted by Crippen LogP contribution is -2.49. The van der Waals surface area contributed by atoms with E-state index in [1.165, 1.54) is 11.1 Å². The number of anilines is 1. The molecule has 2 fully saturated rings. The second-order valence-electron chi connectivity index (χ2n) is 11.2. The molecule has 3 heterocycles. The summed E-state index contributed by atoms with van der Waals surface area (Å²) in [5.74, 6) is 2.44. The minimum Gasteiger partial charge on any atom is -0.497 e. The monoisotopic (exact) mass is 541 g/mol. The Hall–Kier alpha value is -3.68. The molecule has 2 aliphatic heterocycles. The van der Waals surface area contributed by atoms with E-state index in [2.05, 4.69) is 41.0 Å². The average molecular weight is 542 g/mol. The number of aryl methyl sites for hydroxylation is 1. The number of benzene rings is 2. The Morgan fingerprint density at radius 3 is 2.48 bits per heavy atom. The molecule has 1 aromatic heterocycles. The number of nitrogens with zero attached hydrogens (tertiary/aromatic N) is 3. The van der Waals surface area contributed by atoms with Gasteiger partial charge in [0.05, 0.1) is 39.2 Å². The molecule has 0 saturated carbocycles. The maximum Gasteiger partial charge on any atom is 0.167 e. The molecule has 7 nitrogen and oxygen atoms in total. The summed E-state index contributed by atoms with van der Waals surface area (Å²) in [6.07, 6.45) is 1.97. The number of piperidine rings is 1. The third-order valence-corrected chi connectivity index (χ3v) is 7.77. The lowest BCUT2D eigenvalue weighted by atomic mass is 9.74. The second-order valence-corrected chi connectivity index (χ2v) is 11.2. The van der Waals surface area contributed by atoms with Gasteiger partial charge in [0.2, 0.25) is 0 Å². The van der Waals surface area contributed by atoms with Crippen LogP contribution in [-0.4, -0.2) is 62.7 Å². The van der Waals surface area contributed by atoms with E-state index in [1.54, 1.807) is 14.2 Å². The van der Waals surface area contributed by atoms with Gasteiger partial charge in [-0.05, 0) is 48.9 Å². The molecule has 2 aliphatic rings. The molecular weight excluding hydrogens is 502 g/mol. The number of likely N-dealkylation sites (tertiary alicyclic amines) is 1.